The maximum atomic E-state index is 11.1. The minimum absolute atomic E-state index is 0.227. The van der Waals surface area contributed by atoms with Gasteiger partial charge in [0.2, 0.25) is 5.91 Å². The largest absolute Gasteiger partial charge is 0.369 e. The fourth-order valence-electron chi connectivity index (χ4n) is 1.86. The van der Waals surface area contributed by atoms with Gasteiger partial charge in [0, 0.05) is 12.6 Å². The van der Waals surface area contributed by atoms with E-state index < -0.39 is 5.41 Å². The van der Waals surface area contributed by atoms with Gasteiger partial charge in [-0.2, -0.15) is 0 Å². The first-order valence-corrected chi connectivity index (χ1v) is 5.86. The van der Waals surface area contributed by atoms with Crippen LogP contribution in [0.15, 0.2) is 0 Å². The van der Waals surface area contributed by atoms with E-state index in [0.29, 0.717) is 12.6 Å². The number of amides is 1. The van der Waals surface area contributed by atoms with Crippen LogP contribution in [0.5, 0.6) is 0 Å². The minimum atomic E-state index is -0.428. The van der Waals surface area contributed by atoms with Crippen molar-refractivity contribution in [3.63, 3.8) is 0 Å². The molecule has 1 amide bonds. The predicted molar refractivity (Wildman–Crippen MR) is 62.3 cm³/mol. The van der Waals surface area contributed by atoms with Crippen molar-refractivity contribution < 1.29 is 4.79 Å². The van der Waals surface area contributed by atoms with Crippen LogP contribution in [0.3, 0.4) is 0 Å². The summed E-state index contributed by atoms with van der Waals surface area (Å²) in [6.45, 7) is 9.02. The fraction of sp³-hybridized carbons (Fsp3) is 0.917. The molecule has 3 N–H and O–H groups in total. The van der Waals surface area contributed by atoms with Crippen molar-refractivity contribution in [3.05, 3.63) is 0 Å². The lowest BCUT2D eigenvalue weighted by molar-refractivity contribution is -0.125. The maximum Gasteiger partial charge on any atom is 0.224 e. The third-order valence-corrected chi connectivity index (χ3v) is 3.62. The third kappa shape index (κ3) is 3.20. The third-order valence-electron chi connectivity index (χ3n) is 3.62. The summed E-state index contributed by atoms with van der Waals surface area (Å²) in [5.74, 6) is 1.42. The smallest absolute Gasteiger partial charge is 0.224 e. The highest BCUT2D eigenvalue weighted by atomic mass is 16.1. The molecule has 0 aromatic heterocycles. The zero-order valence-electron chi connectivity index (χ0n) is 10.3. The lowest BCUT2D eigenvalue weighted by atomic mass is 9.73. The Balaban J connectivity index is 2.21. The standard InChI is InChI=1S/C12H24N2O/c1-8(2)9-5-10(6-9)14-7-12(3,4)11(13)15/h8-10,14H,5-7H2,1-4H3,(H2,13,15). The maximum absolute atomic E-state index is 11.1. The van der Waals surface area contributed by atoms with Gasteiger partial charge in [0.25, 0.3) is 0 Å². The zero-order valence-corrected chi connectivity index (χ0v) is 10.3. The van der Waals surface area contributed by atoms with Crippen LogP contribution in [-0.4, -0.2) is 18.5 Å². The lowest BCUT2D eigenvalue weighted by Gasteiger charge is -2.40. The number of hydrogen-bond acceptors (Lipinski definition) is 2. The SMILES string of the molecule is CC(C)C1CC(NCC(C)(C)C(N)=O)C1. The number of nitrogens with one attached hydrogen (secondary N) is 1. The van der Waals surface area contributed by atoms with E-state index in [1.807, 2.05) is 13.8 Å². The number of primary amides is 1. The molecule has 0 heterocycles. The molecule has 3 heteroatoms. The molecule has 15 heavy (non-hydrogen) atoms. The molecule has 0 bridgehead atoms. The predicted octanol–water partition coefficient (Wildman–Crippen LogP) is 1.52. The molecule has 0 aliphatic heterocycles. The molecule has 3 nitrogen and oxygen atoms in total. The van der Waals surface area contributed by atoms with E-state index in [2.05, 4.69) is 19.2 Å². The van der Waals surface area contributed by atoms with Gasteiger partial charge < -0.3 is 11.1 Å². The van der Waals surface area contributed by atoms with Gasteiger partial charge in [-0.3, -0.25) is 4.79 Å². The lowest BCUT2D eigenvalue weighted by Crippen LogP contribution is -2.49. The second-order valence-corrected chi connectivity index (χ2v) is 5.80. The summed E-state index contributed by atoms with van der Waals surface area (Å²) >= 11 is 0. The first-order valence-electron chi connectivity index (χ1n) is 5.86. The van der Waals surface area contributed by atoms with Gasteiger partial charge in [0.05, 0.1) is 5.41 Å². The second kappa shape index (κ2) is 4.52. The molecule has 0 saturated heterocycles. The first-order chi connectivity index (χ1) is 6.83. The van der Waals surface area contributed by atoms with Crippen molar-refractivity contribution in [3.8, 4) is 0 Å². The summed E-state index contributed by atoms with van der Waals surface area (Å²) in [7, 11) is 0. The average Bonchev–Trinajstić information content (AvgIpc) is 1.99. The highest BCUT2D eigenvalue weighted by molar-refractivity contribution is 5.80. The topological polar surface area (TPSA) is 55.1 Å². The number of hydrogen-bond donors (Lipinski definition) is 2. The number of rotatable bonds is 5. The van der Waals surface area contributed by atoms with Gasteiger partial charge in [-0.1, -0.05) is 13.8 Å². The van der Waals surface area contributed by atoms with Gasteiger partial charge in [0.15, 0.2) is 0 Å². The van der Waals surface area contributed by atoms with Crippen molar-refractivity contribution in [2.45, 2.75) is 46.6 Å². The van der Waals surface area contributed by atoms with Crippen LogP contribution in [0.1, 0.15) is 40.5 Å². The van der Waals surface area contributed by atoms with Crippen LogP contribution in [0.25, 0.3) is 0 Å². The summed E-state index contributed by atoms with van der Waals surface area (Å²) in [5.41, 5.74) is 4.88. The van der Waals surface area contributed by atoms with Crippen LogP contribution in [0.4, 0.5) is 0 Å². The molecule has 0 atom stereocenters. The minimum Gasteiger partial charge on any atom is -0.369 e. The van der Waals surface area contributed by atoms with E-state index in [9.17, 15) is 4.79 Å². The molecule has 1 aliphatic carbocycles. The van der Waals surface area contributed by atoms with Crippen molar-refractivity contribution in [1.29, 1.82) is 0 Å². The zero-order chi connectivity index (χ0) is 11.6. The van der Waals surface area contributed by atoms with Crippen molar-refractivity contribution in [1.82, 2.24) is 5.32 Å². The molecule has 1 aliphatic rings. The van der Waals surface area contributed by atoms with E-state index in [4.69, 9.17) is 5.73 Å². The molecule has 0 spiro atoms. The quantitative estimate of drug-likeness (QED) is 0.726. The first kappa shape index (κ1) is 12.5. The molecule has 0 aromatic rings. The van der Waals surface area contributed by atoms with Gasteiger partial charge >= 0.3 is 0 Å². The van der Waals surface area contributed by atoms with Crippen molar-refractivity contribution >= 4 is 5.91 Å². The molecule has 88 valence electrons. The fourth-order valence-corrected chi connectivity index (χ4v) is 1.86. The summed E-state index contributed by atoms with van der Waals surface area (Å²) in [6.07, 6.45) is 2.49. The summed E-state index contributed by atoms with van der Waals surface area (Å²) in [6, 6.07) is 0.594. The number of carbonyl (C=O) groups is 1. The van der Waals surface area contributed by atoms with Crippen LogP contribution in [-0.2, 0) is 4.79 Å². The van der Waals surface area contributed by atoms with Gasteiger partial charge in [0.1, 0.15) is 0 Å². The van der Waals surface area contributed by atoms with Crippen LogP contribution >= 0.6 is 0 Å². The van der Waals surface area contributed by atoms with Crippen molar-refractivity contribution in [2.75, 3.05) is 6.54 Å². The Labute approximate surface area is 92.8 Å². The Morgan fingerprint density at radius 2 is 2.00 bits per heavy atom. The van der Waals surface area contributed by atoms with Crippen LogP contribution in [0, 0.1) is 17.3 Å². The van der Waals surface area contributed by atoms with E-state index in [1.54, 1.807) is 0 Å². The van der Waals surface area contributed by atoms with Crippen LogP contribution in [0.2, 0.25) is 0 Å². The Morgan fingerprint density at radius 1 is 1.47 bits per heavy atom. The van der Waals surface area contributed by atoms with E-state index in [-0.39, 0.29) is 5.91 Å². The normalized spacial score (nSPS) is 26.5. The highest BCUT2D eigenvalue weighted by Gasteiger charge is 2.33. The Hall–Kier alpha value is -0.570. The van der Waals surface area contributed by atoms with E-state index in [1.165, 1.54) is 12.8 Å². The van der Waals surface area contributed by atoms with Gasteiger partial charge in [-0.25, -0.2) is 0 Å². The monoisotopic (exact) mass is 212 g/mol. The number of nitrogens with two attached hydrogens (primary N) is 1. The highest BCUT2D eigenvalue weighted by Crippen LogP contribution is 2.33. The molecule has 1 rings (SSSR count). The van der Waals surface area contributed by atoms with Gasteiger partial charge in [-0.15, -0.1) is 0 Å². The molecule has 1 fully saturated rings. The van der Waals surface area contributed by atoms with Gasteiger partial charge in [-0.05, 0) is 38.5 Å². The molecular weight excluding hydrogens is 188 g/mol. The molecule has 0 unspecified atom stereocenters. The summed E-state index contributed by atoms with van der Waals surface area (Å²) < 4.78 is 0. The molecule has 0 aromatic carbocycles. The Morgan fingerprint density at radius 3 is 2.40 bits per heavy atom. The average molecular weight is 212 g/mol. The second-order valence-electron chi connectivity index (χ2n) is 5.80. The number of carbonyl (C=O) groups excluding carboxylic acids is 1. The Bertz CT molecular complexity index is 230. The molecule has 0 radical (unpaired) electrons. The molecule has 1 saturated carbocycles. The van der Waals surface area contributed by atoms with E-state index in [0.717, 1.165) is 11.8 Å². The van der Waals surface area contributed by atoms with E-state index >= 15 is 0 Å². The summed E-state index contributed by atoms with van der Waals surface area (Å²) in [4.78, 5) is 11.1. The van der Waals surface area contributed by atoms with Crippen molar-refractivity contribution in [2.24, 2.45) is 23.0 Å². The van der Waals surface area contributed by atoms with Crippen LogP contribution < -0.4 is 11.1 Å². The molecular formula is C12H24N2O. The Kier molecular flexibility index (Phi) is 3.77. The summed E-state index contributed by atoms with van der Waals surface area (Å²) in [5, 5.41) is 3.42.